The summed E-state index contributed by atoms with van der Waals surface area (Å²) in [5, 5.41) is 0. The zero-order valence-corrected chi connectivity index (χ0v) is 11.3. The number of hydrogen-bond acceptors (Lipinski definition) is 4. The average molecular weight is 241 g/mol. The van der Waals surface area contributed by atoms with Gasteiger partial charge in [-0.1, -0.05) is 0 Å². The van der Waals surface area contributed by atoms with Gasteiger partial charge in [0.15, 0.2) is 0 Å². The highest BCUT2D eigenvalue weighted by atomic mass is 16.5. The van der Waals surface area contributed by atoms with E-state index < -0.39 is 0 Å². The van der Waals surface area contributed by atoms with Crippen molar-refractivity contribution in [3.05, 3.63) is 0 Å². The molecule has 2 fully saturated rings. The van der Waals surface area contributed by atoms with Gasteiger partial charge in [0.05, 0.1) is 6.10 Å². The van der Waals surface area contributed by atoms with Crippen LogP contribution >= 0.6 is 0 Å². The Morgan fingerprint density at radius 3 is 2.65 bits per heavy atom. The lowest BCUT2D eigenvalue weighted by Crippen LogP contribution is -2.58. The van der Waals surface area contributed by atoms with Crippen molar-refractivity contribution in [2.75, 3.05) is 46.9 Å². The van der Waals surface area contributed by atoms with E-state index in [2.05, 4.69) is 23.9 Å². The van der Waals surface area contributed by atoms with Crippen LogP contribution in [0, 0.1) is 0 Å². The highest BCUT2D eigenvalue weighted by Crippen LogP contribution is 2.28. The predicted molar refractivity (Wildman–Crippen MR) is 70.1 cm³/mol. The van der Waals surface area contributed by atoms with Crippen molar-refractivity contribution in [2.24, 2.45) is 5.73 Å². The van der Waals surface area contributed by atoms with Crippen LogP contribution in [0.25, 0.3) is 0 Å². The molecular formula is C13H27N3O. The minimum atomic E-state index is 0.207. The molecule has 0 aromatic heterocycles. The number of hydrogen-bond donors (Lipinski definition) is 1. The van der Waals surface area contributed by atoms with E-state index in [1.54, 1.807) is 0 Å². The molecule has 1 atom stereocenters. The Labute approximate surface area is 105 Å². The average Bonchev–Trinajstić information content (AvgIpc) is 2.83. The number of nitrogens with two attached hydrogens (primary N) is 1. The normalized spacial score (nSPS) is 30.0. The summed E-state index contributed by atoms with van der Waals surface area (Å²) in [6.45, 7) is 5.07. The van der Waals surface area contributed by atoms with Crippen LogP contribution in [0.2, 0.25) is 0 Å². The fourth-order valence-corrected chi connectivity index (χ4v) is 3.06. The highest BCUT2D eigenvalue weighted by molar-refractivity contribution is 4.95. The van der Waals surface area contributed by atoms with Gasteiger partial charge in [-0.05, 0) is 52.9 Å². The van der Waals surface area contributed by atoms with Gasteiger partial charge in [0.25, 0.3) is 0 Å². The third-order valence-electron chi connectivity index (χ3n) is 4.61. The lowest BCUT2D eigenvalue weighted by atomic mass is 9.86. The summed E-state index contributed by atoms with van der Waals surface area (Å²) in [6, 6.07) is 0. The summed E-state index contributed by atoms with van der Waals surface area (Å²) in [6.07, 6.45) is 5.23. The third-order valence-corrected chi connectivity index (χ3v) is 4.61. The lowest BCUT2D eigenvalue weighted by Gasteiger charge is -2.47. The number of rotatable bonds is 4. The van der Waals surface area contributed by atoms with Crippen molar-refractivity contribution in [3.8, 4) is 0 Å². The summed E-state index contributed by atoms with van der Waals surface area (Å²) in [5.41, 5.74) is 6.26. The Bertz CT molecular complexity index is 233. The first-order valence-corrected chi connectivity index (χ1v) is 6.88. The lowest BCUT2D eigenvalue weighted by molar-refractivity contribution is 0.00860. The van der Waals surface area contributed by atoms with Gasteiger partial charge in [0.2, 0.25) is 0 Å². The molecule has 2 N–H and O–H groups in total. The Balaban J connectivity index is 1.91. The summed E-state index contributed by atoms with van der Waals surface area (Å²) >= 11 is 0. The largest absolute Gasteiger partial charge is 0.377 e. The Hall–Kier alpha value is -0.160. The number of piperidine rings is 1. The first-order valence-electron chi connectivity index (χ1n) is 6.88. The molecule has 0 radical (unpaired) electrons. The first kappa shape index (κ1) is 13.3. The minimum absolute atomic E-state index is 0.207. The maximum Gasteiger partial charge on any atom is 0.0702 e. The van der Waals surface area contributed by atoms with Crippen molar-refractivity contribution in [1.82, 2.24) is 9.80 Å². The van der Waals surface area contributed by atoms with Crippen LogP contribution in [0.3, 0.4) is 0 Å². The number of nitrogens with zero attached hydrogens (tertiary/aromatic N) is 2. The Morgan fingerprint density at radius 1 is 1.41 bits per heavy atom. The molecule has 4 nitrogen and oxygen atoms in total. The van der Waals surface area contributed by atoms with Crippen LogP contribution in [-0.4, -0.2) is 68.3 Å². The highest BCUT2D eigenvalue weighted by Gasteiger charge is 2.37. The van der Waals surface area contributed by atoms with E-state index in [1.807, 2.05) is 0 Å². The summed E-state index contributed by atoms with van der Waals surface area (Å²) < 4.78 is 5.73. The molecule has 17 heavy (non-hydrogen) atoms. The second-order valence-electron chi connectivity index (χ2n) is 5.75. The van der Waals surface area contributed by atoms with Gasteiger partial charge in [-0.15, -0.1) is 0 Å². The van der Waals surface area contributed by atoms with E-state index in [1.165, 1.54) is 25.7 Å². The van der Waals surface area contributed by atoms with E-state index in [-0.39, 0.29) is 5.54 Å². The summed E-state index contributed by atoms with van der Waals surface area (Å²) in [4.78, 5) is 4.86. The molecule has 0 aliphatic carbocycles. The Kier molecular flexibility index (Phi) is 4.42. The van der Waals surface area contributed by atoms with Gasteiger partial charge < -0.3 is 15.4 Å². The van der Waals surface area contributed by atoms with Gasteiger partial charge >= 0.3 is 0 Å². The van der Waals surface area contributed by atoms with Crippen LogP contribution in [0.15, 0.2) is 0 Å². The second kappa shape index (κ2) is 5.65. The van der Waals surface area contributed by atoms with Crippen LogP contribution in [0.5, 0.6) is 0 Å². The van der Waals surface area contributed by atoms with Crippen LogP contribution < -0.4 is 5.73 Å². The molecule has 0 aromatic carbocycles. The van der Waals surface area contributed by atoms with E-state index in [4.69, 9.17) is 10.5 Å². The van der Waals surface area contributed by atoms with Gasteiger partial charge in [0.1, 0.15) is 0 Å². The van der Waals surface area contributed by atoms with Gasteiger partial charge in [-0.3, -0.25) is 4.90 Å². The molecule has 2 aliphatic rings. The molecule has 1 unspecified atom stereocenters. The van der Waals surface area contributed by atoms with Gasteiger partial charge in [-0.25, -0.2) is 0 Å². The third kappa shape index (κ3) is 2.99. The quantitative estimate of drug-likeness (QED) is 0.779. The zero-order valence-electron chi connectivity index (χ0n) is 11.3. The standard InChI is InChI=1S/C13H27N3O/c1-15-7-5-13(11-14,6-8-15)16(2)10-12-4-3-9-17-12/h12H,3-11,14H2,1-2H3. The monoisotopic (exact) mass is 241 g/mol. The van der Waals surface area contributed by atoms with Gasteiger partial charge in [-0.2, -0.15) is 0 Å². The van der Waals surface area contributed by atoms with Gasteiger partial charge in [0, 0.05) is 25.2 Å². The minimum Gasteiger partial charge on any atom is -0.377 e. The maximum atomic E-state index is 6.06. The van der Waals surface area contributed by atoms with E-state index in [0.29, 0.717) is 6.10 Å². The van der Waals surface area contributed by atoms with Crippen molar-refractivity contribution >= 4 is 0 Å². The van der Waals surface area contributed by atoms with E-state index in [9.17, 15) is 0 Å². The molecule has 2 rings (SSSR count). The fourth-order valence-electron chi connectivity index (χ4n) is 3.06. The molecule has 0 aromatic rings. The second-order valence-corrected chi connectivity index (χ2v) is 5.75. The topological polar surface area (TPSA) is 41.7 Å². The molecule has 2 saturated heterocycles. The van der Waals surface area contributed by atoms with Crippen molar-refractivity contribution in [3.63, 3.8) is 0 Å². The van der Waals surface area contributed by atoms with Crippen LogP contribution in [0.1, 0.15) is 25.7 Å². The van der Waals surface area contributed by atoms with E-state index >= 15 is 0 Å². The molecule has 100 valence electrons. The smallest absolute Gasteiger partial charge is 0.0702 e. The van der Waals surface area contributed by atoms with Crippen molar-refractivity contribution in [2.45, 2.75) is 37.3 Å². The molecule has 0 amide bonds. The number of likely N-dealkylation sites (tertiary alicyclic amines) is 1. The molecule has 2 aliphatic heterocycles. The van der Waals surface area contributed by atoms with Crippen molar-refractivity contribution in [1.29, 1.82) is 0 Å². The Morgan fingerprint density at radius 2 is 2.12 bits per heavy atom. The summed E-state index contributed by atoms with van der Waals surface area (Å²) in [5.74, 6) is 0. The molecular weight excluding hydrogens is 214 g/mol. The van der Waals surface area contributed by atoms with Crippen molar-refractivity contribution < 1.29 is 4.74 Å². The first-order chi connectivity index (χ1) is 8.16. The molecule has 4 heteroatoms. The van der Waals surface area contributed by atoms with Crippen LogP contribution in [-0.2, 0) is 4.74 Å². The molecule has 0 saturated carbocycles. The number of likely N-dealkylation sites (N-methyl/N-ethyl adjacent to an activating group) is 1. The van der Waals surface area contributed by atoms with Crippen LogP contribution in [0.4, 0.5) is 0 Å². The molecule has 0 bridgehead atoms. The van der Waals surface area contributed by atoms with E-state index in [0.717, 1.165) is 32.8 Å². The SMILES string of the molecule is CN1CCC(CN)(N(C)CC2CCCO2)CC1. The predicted octanol–water partition coefficient (Wildman–Crippen LogP) is 0.520. The summed E-state index contributed by atoms with van der Waals surface area (Å²) in [7, 11) is 4.42. The maximum absolute atomic E-state index is 6.06. The fraction of sp³-hybridized carbons (Fsp3) is 1.00. The molecule has 0 spiro atoms. The number of ether oxygens (including phenoxy) is 1. The zero-order chi connectivity index (χ0) is 12.3. The molecule has 2 heterocycles.